The molecule has 2 aromatic heterocycles. The van der Waals surface area contributed by atoms with Crippen molar-refractivity contribution in [3.8, 4) is 22.9 Å². The summed E-state index contributed by atoms with van der Waals surface area (Å²) in [6.07, 6.45) is 7.17. The molecule has 1 atom stereocenters. The lowest BCUT2D eigenvalue weighted by Gasteiger charge is -2.32. The molecule has 1 aromatic carbocycles. The van der Waals surface area contributed by atoms with Crippen molar-refractivity contribution in [3.63, 3.8) is 0 Å². The molecule has 0 aliphatic carbocycles. The van der Waals surface area contributed by atoms with E-state index in [1.54, 1.807) is 51.0 Å². The zero-order valence-corrected chi connectivity index (χ0v) is 17.1. The van der Waals surface area contributed by atoms with Crippen LogP contribution in [0.3, 0.4) is 0 Å². The number of hydrogen-bond acceptors (Lipinski definition) is 6. The molecule has 7 heteroatoms. The maximum atomic E-state index is 13.1. The monoisotopic (exact) mass is 404 g/mol. The first-order valence-corrected chi connectivity index (χ1v) is 9.94. The summed E-state index contributed by atoms with van der Waals surface area (Å²) < 4.78 is 10.6. The van der Waals surface area contributed by atoms with Crippen LogP contribution in [-0.2, 0) is 0 Å². The molecule has 30 heavy (non-hydrogen) atoms. The fourth-order valence-corrected chi connectivity index (χ4v) is 3.79. The van der Waals surface area contributed by atoms with Crippen LogP contribution in [0.2, 0.25) is 0 Å². The number of carbonyl (C=O) groups is 1. The number of benzene rings is 1. The topological polar surface area (TPSA) is 77.4 Å². The molecule has 154 valence electrons. The van der Waals surface area contributed by atoms with Gasteiger partial charge in [-0.05, 0) is 49.2 Å². The summed E-state index contributed by atoms with van der Waals surface area (Å²) in [6.45, 7) is 1.35. The molecule has 4 rings (SSSR count). The molecule has 0 bridgehead atoms. The van der Waals surface area contributed by atoms with Crippen LogP contribution in [0.5, 0.6) is 11.5 Å². The van der Waals surface area contributed by atoms with Crippen LogP contribution < -0.4 is 9.47 Å². The standard InChI is InChI=1S/C23H24N4O3/c1-29-20-8-7-16(13-21(20)30-2)23(28)27-12-4-6-18(15-27)19-9-11-25-22(26-19)17-5-3-10-24-14-17/h3,5,7-11,13-14,18H,4,6,12,15H2,1-2H3. The number of rotatable bonds is 5. The second kappa shape index (κ2) is 8.90. The average molecular weight is 404 g/mol. The van der Waals surface area contributed by atoms with Gasteiger partial charge in [-0.15, -0.1) is 0 Å². The van der Waals surface area contributed by atoms with Gasteiger partial charge in [-0.1, -0.05) is 0 Å². The van der Waals surface area contributed by atoms with Crippen LogP contribution in [0, 0.1) is 0 Å². The van der Waals surface area contributed by atoms with Crippen molar-refractivity contribution in [2.45, 2.75) is 18.8 Å². The van der Waals surface area contributed by atoms with Crippen molar-refractivity contribution in [3.05, 3.63) is 66.2 Å². The predicted octanol–water partition coefficient (Wildman–Crippen LogP) is 3.58. The molecule has 1 unspecified atom stereocenters. The molecular weight excluding hydrogens is 380 g/mol. The van der Waals surface area contributed by atoms with E-state index in [-0.39, 0.29) is 11.8 Å². The number of piperidine rings is 1. The molecule has 1 aliphatic heterocycles. The van der Waals surface area contributed by atoms with Crippen LogP contribution in [-0.4, -0.2) is 53.1 Å². The lowest BCUT2D eigenvalue weighted by molar-refractivity contribution is 0.0705. The highest BCUT2D eigenvalue weighted by molar-refractivity contribution is 5.95. The van der Waals surface area contributed by atoms with Gasteiger partial charge in [0.2, 0.25) is 0 Å². The van der Waals surface area contributed by atoms with Gasteiger partial charge < -0.3 is 14.4 Å². The van der Waals surface area contributed by atoms with Crippen molar-refractivity contribution in [1.82, 2.24) is 19.9 Å². The molecule has 1 amide bonds. The minimum absolute atomic E-state index is 0.0119. The number of likely N-dealkylation sites (tertiary alicyclic amines) is 1. The number of hydrogen-bond donors (Lipinski definition) is 0. The van der Waals surface area contributed by atoms with Gasteiger partial charge in [-0.25, -0.2) is 9.97 Å². The number of nitrogens with zero attached hydrogens (tertiary/aromatic N) is 4. The Morgan fingerprint density at radius 2 is 1.97 bits per heavy atom. The maximum absolute atomic E-state index is 13.1. The number of aromatic nitrogens is 3. The van der Waals surface area contributed by atoms with E-state index in [4.69, 9.17) is 14.5 Å². The van der Waals surface area contributed by atoms with Gasteiger partial charge in [0, 0.05) is 54.4 Å². The fourth-order valence-electron chi connectivity index (χ4n) is 3.79. The first kappa shape index (κ1) is 19.8. The molecule has 1 saturated heterocycles. The smallest absolute Gasteiger partial charge is 0.254 e. The van der Waals surface area contributed by atoms with E-state index in [2.05, 4.69) is 9.97 Å². The largest absolute Gasteiger partial charge is 0.493 e. The van der Waals surface area contributed by atoms with Crippen molar-refractivity contribution in [2.24, 2.45) is 0 Å². The minimum Gasteiger partial charge on any atom is -0.493 e. The number of pyridine rings is 1. The molecule has 1 fully saturated rings. The molecule has 3 aromatic rings. The number of amides is 1. The molecule has 0 saturated carbocycles. The summed E-state index contributed by atoms with van der Waals surface area (Å²) in [4.78, 5) is 28.3. The first-order valence-electron chi connectivity index (χ1n) is 9.94. The van der Waals surface area contributed by atoms with Crippen molar-refractivity contribution < 1.29 is 14.3 Å². The number of methoxy groups -OCH3 is 2. The van der Waals surface area contributed by atoms with Crippen LogP contribution in [0.15, 0.2) is 55.0 Å². The highest BCUT2D eigenvalue weighted by Gasteiger charge is 2.27. The lowest BCUT2D eigenvalue weighted by atomic mass is 9.94. The first-order chi connectivity index (χ1) is 14.7. The fraction of sp³-hybridized carbons (Fsp3) is 0.304. The van der Waals surface area contributed by atoms with Gasteiger partial charge in [-0.3, -0.25) is 9.78 Å². The molecule has 3 heterocycles. The Kier molecular flexibility index (Phi) is 5.88. The highest BCUT2D eigenvalue weighted by Crippen LogP contribution is 2.30. The third kappa shape index (κ3) is 4.10. The zero-order valence-electron chi connectivity index (χ0n) is 17.1. The van der Waals surface area contributed by atoms with Gasteiger partial charge in [0.05, 0.1) is 14.2 Å². The van der Waals surface area contributed by atoms with Crippen LogP contribution in [0.1, 0.15) is 34.8 Å². The van der Waals surface area contributed by atoms with E-state index in [1.165, 1.54) is 0 Å². The van der Waals surface area contributed by atoms with Crippen LogP contribution >= 0.6 is 0 Å². The summed E-state index contributed by atoms with van der Waals surface area (Å²) in [5, 5.41) is 0. The Labute approximate surface area is 175 Å². The van der Waals surface area contributed by atoms with E-state index in [1.807, 2.05) is 23.1 Å². The summed E-state index contributed by atoms with van der Waals surface area (Å²) in [6, 6.07) is 11.0. The maximum Gasteiger partial charge on any atom is 0.254 e. The molecule has 7 nitrogen and oxygen atoms in total. The Morgan fingerprint density at radius 1 is 1.10 bits per heavy atom. The minimum atomic E-state index is -0.0119. The molecule has 0 N–H and O–H groups in total. The second-order valence-electron chi connectivity index (χ2n) is 7.21. The Balaban J connectivity index is 1.53. The van der Waals surface area contributed by atoms with Gasteiger partial charge >= 0.3 is 0 Å². The van der Waals surface area contributed by atoms with Gasteiger partial charge in [-0.2, -0.15) is 0 Å². The Hall–Kier alpha value is -3.48. The quantitative estimate of drug-likeness (QED) is 0.647. The van der Waals surface area contributed by atoms with E-state index in [0.29, 0.717) is 29.4 Å². The summed E-state index contributed by atoms with van der Waals surface area (Å²) in [7, 11) is 3.15. The summed E-state index contributed by atoms with van der Waals surface area (Å²) in [5.74, 6) is 1.97. The normalized spacial score (nSPS) is 16.2. The van der Waals surface area contributed by atoms with Crippen molar-refractivity contribution in [2.75, 3.05) is 27.3 Å². The number of ether oxygens (including phenoxy) is 2. The Morgan fingerprint density at radius 3 is 2.73 bits per heavy atom. The van der Waals surface area contributed by atoms with Gasteiger partial charge in [0.15, 0.2) is 17.3 Å². The van der Waals surface area contributed by atoms with Gasteiger partial charge in [0.25, 0.3) is 5.91 Å². The number of carbonyl (C=O) groups excluding carboxylic acids is 1. The molecule has 1 aliphatic rings. The third-order valence-corrected chi connectivity index (χ3v) is 5.35. The second-order valence-corrected chi connectivity index (χ2v) is 7.21. The summed E-state index contributed by atoms with van der Waals surface area (Å²) in [5.41, 5.74) is 2.43. The molecular formula is C23H24N4O3. The molecule has 0 radical (unpaired) electrons. The van der Waals surface area contributed by atoms with Crippen molar-refractivity contribution in [1.29, 1.82) is 0 Å². The SMILES string of the molecule is COc1ccc(C(=O)N2CCCC(c3ccnc(-c4cccnc4)n3)C2)cc1OC. The lowest BCUT2D eigenvalue weighted by Crippen LogP contribution is -2.39. The van der Waals surface area contributed by atoms with Crippen LogP contribution in [0.4, 0.5) is 0 Å². The predicted molar refractivity (Wildman–Crippen MR) is 113 cm³/mol. The van der Waals surface area contributed by atoms with E-state index in [9.17, 15) is 4.79 Å². The average Bonchev–Trinajstić information content (AvgIpc) is 2.84. The van der Waals surface area contributed by atoms with E-state index in [0.717, 1.165) is 30.6 Å². The Bertz CT molecular complexity index is 1030. The molecule has 0 spiro atoms. The third-order valence-electron chi connectivity index (χ3n) is 5.35. The zero-order chi connectivity index (χ0) is 20.9. The summed E-state index contributed by atoms with van der Waals surface area (Å²) >= 11 is 0. The van der Waals surface area contributed by atoms with Crippen LogP contribution in [0.25, 0.3) is 11.4 Å². The van der Waals surface area contributed by atoms with E-state index < -0.39 is 0 Å². The van der Waals surface area contributed by atoms with Gasteiger partial charge in [0.1, 0.15) is 0 Å². The van der Waals surface area contributed by atoms with E-state index >= 15 is 0 Å². The highest BCUT2D eigenvalue weighted by atomic mass is 16.5. The van der Waals surface area contributed by atoms with Crippen molar-refractivity contribution >= 4 is 5.91 Å².